The number of nitrogens with zero attached hydrogens (tertiary/aromatic N) is 3. The van der Waals surface area contributed by atoms with Gasteiger partial charge in [-0.05, 0) is 63.4 Å². The van der Waals surface area contributed by atoms with E-state index in [9.17, 15) is 4.79 Å². The summed E-state index contributed by atoms with van der Waals surface area (Å²) in [6.45, 7) is 7.99. The molecule has 0 atom stereocenters. The van der Waals surface area contributed by atoms with Crippen LogP contribution in [0.25, 0.3) is 5.69 Å². The molecule has 0 saturated carbocycles. The molecule has 2 heterocycles. The normalized spacial score (nSPS) is 13.7. The quantitative estimate of drug-likeness (QED) is 0.612. The van der Waals surface area contributed by atoms with E-state index in [1.807, 2.05) is 61.9 Å². The van der Waals surface area contributed by atoms with Crippen molar-refractivity contribution < 1.29 is 4.79 Å². The van der Waals surface area contributed by atoms with Gasteiger partial charge in [-0.2, -0.15) is 5.10 Å². The Hall–Kier alpha value is -2.79. The number of aromatic nitrogens is 2. The zero-order chi connectivity index (χ0) is 21.3. The lowest BCUT2D eigenvalue weighted by Crippen LogP contribution is -2.22. The molecule has 156 valence electrons. The van der Waals surface area contributed by atoms with E-state index in [2.05, 4.69) is 21.4 Å². The number of benzene rings is 2. The van der Waals surface area contributed by atoms with Gasteiger partial charge >= 0.3 is 0 Å². The van der Waals surface area contributed by atoms with Crippen LogP contribution in [-0.2, 0) is 11.2 Å². The summed E-state index contributed by atoms with van der Waals surface area (Å²) in [6.07, 6.45) is 2.68. The number of hydrogen-bond donors (Lipinski definition) is 1. The van der Waals surface area contributed by atoms with E-state index in [0.29, 0.717) is 5.02 Å². The number of carbonyl (C=O) groups is 1. The van der Waals surface area contributed by atoms with E-state index in [1.165, 1.54) is 12.8 Å². The molecule has 0 aliphatic carbocycles. The highest BCUT2D eigenvalue weighted by Crippen LogP contribution is 2.29. The topological polar surface area (TPSA) is 50.2 Å². The molecule has 0 bridgehead atoms. The Morgan fingerprint density at radius 3 is 2.57 bits per heavy atom. The average Bonchev–Trinajstić information content (AvgIpc) is 3.35. The van der Waals surface area contributed by atoms with Crippen LogP contribution >= 0.6 is 11.6 Å². The molecule has 0 spiro atoms. The molecule has 4 rings (SSSR count). The van der Waals surface area contributed by atoms with Crippen molar-refractivity contribution in [1.82, 2.24) is 9.78 Å². The summed E-state index contributed by atoms with van der Waals surface area (Å²) in [5.74, 6) is -0.0330. The molecule has 3 aromatic rings. The lowest BCUT2D eigenvalue weighted by atomic mass is 10.1. The molecule has 5 nitrogen and oxygen atoms in total. The summed E-state index contributed by atoms with van der Waals surface area (Å²) >= 11 is 6.30. The van der Waals surface area contributed by atoms with Crippen LogP contribution < -0.4 is 10.2 Å². The Balaban J connectivity index is 1.55. The fraction of sp³-hybridized carbons (Fsp3) is 0.333. The summed E-state index contributed by atoms with van der Waals surface area (Å²) in [7, 11) is 0. The first kappa shape index (κ1) is 20.5. The Morgan fingerprint density at radius 1 is 1.10 bits per heavy atom. The first-order valence-corrected chi connectivity index (χ1v) is 10.8. The van der Waals surface area contributed by atoms with E-state index < -0.39 is 0 Å². The van der Waals surface area contributed by atoms with Crippen LogP contribution in [0.5, 0.6) is 0 Å². The van der Waals surface area contributed by atoms with Crippen LogP contribution in [0.3, 0.4) is 0 Å². The summed E-state index contributed by atoms with van der Waals surface area (Å²) < 4.78 is 1.86. The van der Waals surface area contributed by atoms with Crippen molar-refractivity contribution >= 4 is 28.9 Å². The number of anilines is 2. The zero-order valence-electron chi connectivity index (χ0n) is 17.7. The van der Waals surface area contributed by atoms with Gasteiger partial charge in [-0.3, -0.25) is 4.79 Å². The minimum Gasteiger partial charge on any atom is -0.370 e. The molecular formula is C24H27ClN4O. The highest BCUT2D eigenvalue weighted by molar-refractivity contribution is 6.31. The number of rotatable bonds is 5. The third-order valence-corrected chi connectivity index (χ3v) is 6.21. The van der Waals surface area contributed by atoms with Gasteiger partial charge in [-0.25, -0.2) is 4.68 Å². The number of hydrogen-bond acceptors (Lipinski definition) is 3. The van der Waals surface area contributed by atoms with Crippen LogP contribution in [-0.4, -0.2) is 28.8 Å². The van der Waals surface area contributed by atoms with Gasteiger partial charge in [-0.15, -0.1) is 0 Å². The first-order chi connectivity index (χ1) is 14.4. The minimum absolute atomic E-state index is 0.0330. The molecule has 2 aromatic carbocycles. The summed E-state index contributed by atoms with van der Waals surface area (Å²) in [5, 5.41) is 8.49. The molecule has 30 heavy (non-hydrogen) atoms. The molecule has 0 unspecified atom stereocenters. The lowest BCUT2D eigenvalue weighted by molar-refractivity contribution is -0.115. The van der Waals surface area contributed by atoms with Crippen LogP contribution in [0.2, 0.25) is 5.02 Å². The molecular weight excluding hydrogens is 396 g/mol. The molecule has 1 aromatic heterocycles. The van der Waals surface area contributed by atoms with Gasteiger partial charge in [0.1, 0.15) is 0 Å². The molecule has 1 aliphatic rings. The van der Waals surface area contributed by atoms with E-state index in [0.717, 1.165) is 52.7 Å². The largest absolute Gasteiger partial charge is 0.370 e. The Morgan fingerprint density at radius 2 is 1.83 bits per heavy atom. The fourth-order valence-electron chi connectivity index (χ4n) is 4.06. The maximum atomic E-state index is 12.9. The van der Waals surface area contributed by atoms with Crippen molar-refractivity contribution in [3.8, 4) is 5.69 Å². The van der Waals surface area contributed by atoms with Crippen molar-refractivity contribution in [3.63, 3.8) is 0 Å². The van der Waals surface area contributed by atoms with Crippen LogP contribution in [0.4, 0.5) is 11.4 Å². The number of para-hydroxylation sites is 2. The number of carbonyl (C=O) groups excluding carboxylic acids is 1. The maximum Gasteiger partial charge on any atom is 0.228 e. The second-order valence-corrected chi connectivity index (χ2v) is 8.34. The third-order valence-electron chi connectivity index (χ3n) is 5.80. The molecule has 1 N–H and O–H groups in total. The Bertz CT molecular complexity index is 1080. The second kappa shape index (κ2) is 8.52. The highest BCUT2D eigenvalue weighted by atomic mass is 35.5. The SMILES string of the molecule is Cc1ccc(-n2nc(C)c(CC(=O)Nc3ccccc3N3CCCC3)c2C)cc1Cl. The Labute approximate surface area is 182 Å². The number of nitrogens with one attached hydrogen (secondary N) is 1. The van der Waals surface area contributed by atoms with Gasteiger partial charge in [0.25, 0.3) is 0 Å². The van der Waals surface area contributed by atoms with Gasteiger partial charge in [-0.1, -0.05) is 29.8 Å². The fourth-order valence-corrected chi connectivity index (χ4v) is 4.24. The van der Waals surface area contributed by atoms with Crippen molar-refractivity contribution in [1.29, 1.82) is 0 Å². The van der Waals surface area contributed by atoms with Crippen LogP contribution in [0.15, 0.2) is 42.5 Å². The summed E-state index contributed by atoms with van der Waals surface area (Å²) in [4.78, 5) is 15.2. The molecule has 1 aliphatic heterocycles. The molecule has 1 amide bonds. The molecule has 1 fully saturated rings. The maximum absolute atomic E-state index is 12.9. The Kier molecular flexibility index (Phi) is 5.82. The molecule has 1 saturated heterocycles. The number of halogens is 1. The van der Waals surface area contributed by atoms with Gasteiger partial charge in [0, 0.05) is 29.4 Å². The first-order valence-electron chi connectivity index (χ1n) is 10.4. The van der Waals surface area contributed by atoms with E-state index >= 15 is 0 Å². The van der Waals surface area contributed by atoms with E-state index in [4.69, 9.17) is 11.6 Å². The van der Waals surface area contributed by atoms with Gasteiger partial charge in [0.15, 0.2) is 0 Å². The van der Waals surface area contributed by atoms with E-state index in [-0.39, 0.29) is 12.3 Å². The average molecular weight is 423 g/mol. The van der Waals surface area contributed by atoms with Crippen LogP contribution in [0, 0.1) is 20.8 Å². The standard InChI is InChI=1S/C24H27ClN4O/c1-16-10-11-19(14-21(16)25)29-18(3)20(17(2)27-29)15-24(30)26-22-8-4-5-9-23(22)28-12-6-7-13-28/h4-5,8-11,14H,6-7,12-13,15H2,1-3H3,(H,26,30). The van der Waals surface area contributed by atoms with Crippen molar-refractivity contribution in [2.45, 2.75) is 40.0 Å². The minimum atomic E-state index is -0.0330. The van der Waals surface area contributed by atoms with Crippen molar-refractivity contribution in [3.05, 3.63) is 70.0 Å². The van der Waals surface area contributed by atoms with E-state index in [1.54, 1.807) is 0 Å². The van der Waals surface area contributed by atoms with Crippen molar-refractivity contribution in [2.24, 2.45) is 0 Å². The monoisotopic (exact) mass is 422 g/mol. The highest BCUT2D eigenvalue weighted by Gasteiger charge is 2.19. The smallest absolute Gasteiger partial charge is 0.228 e. The third kappa shape index (κ3) is 4.08. The summed E-state index contributed by atoms with van der Waals surface area (Å²) in [5.41, 5.74) is 6.65. The zero-order valence-corrected chi connectivity index (χ0v) is 18.5. The van der Waals surface area contributed by atoms with Gasteiger partial charge in [0.2, 0.25) is 5.91 Å². The number of amides is 1. The summed E-state index contributed by atoms with van der Waals surface area (Å²) in [6, 6.07) is 13.9. The van der Waals surface area contributed by atoms with Gasteiger partial charge < -0.3 is 10.2 Å². The van der Waals surface area contributed by atoms with Crippen LogP contribution in [0.1, 0.15) is 35.4 Å². The van der Waals surface area contributed by atoms with Crippen molar-refractivity contribution in [2.75, 3.05) is 23.3 Å². The molecule has 6 heteroatoms. The predicted molar refractivity (Wildman–Crippen MR) is 123 cm³/mol. The van der Waals surface area contributed by atoms with Gasteiger partial charge in [0.05, 0.1) is 29.2 Å². The molecule has 0 radical (unpaired) electrons. The number of aryl methyl sites for hydroxylation is 2. The lowest BCUT2D eigenvalue weighted by Gasteiger charge is -2.21. The second-order valence-electron chi connectivity index (χ2n) is 7.93. The predicted octanol–water partition coefficient (Wildman–Crippen LogP) is 5.23.